The Morgan fingerprint density at radius 1 is 1.22 bits per heavy atom. The summed E-state index contributed by atoms with van der Waals surface area (Å²) in [6.45, 7) is 8.85. The molecule has 1 saturated heterocycles. The van der Waals surface area contributed by atoms with Crippen LogP contribution in [0.1, 0.15) is 34.1 Å². The van der Waals surface area contributed by atoms with Crippen molar-refractivity contribution in [1.29, 1.82) is 0 Å². The molecule has 1 aromatic carbocycles. The number of hydrogen-bond acceptors (Lipinski definition) is 4. The van der Waals surface area contributed by atoms with Crippen LogP contribution in [0.4, 0.5) is 5.69 Å². The maximum absolute atomic E-state index is 13.2. The second-order valence-electron chi connectivity index (χ2n) is 7.54. The van der Waals surface area contributed by atoms with E-state index in [9.17, 15) is 14.4 Å². The lowest BCUT2D eigenvalue weighted by Gasteiger charge is -2.47. The van der Waals surface area contributed by atoms with E-state index in [0.29, 0.717) is 31.1 Å². The molecule has 3 amide bonds. The Kier molecular flexibility index (Phi) is 5.13. The normalized spacial score (nSPS) is 21.6. The number of carbonyl (C=O) groups is 3. The van der Waals surface area contributed by atoms with Crippen LogP contribution in [-0.4, -0.2) is 65.3 Å². The highest BCUT2D eigenvalue weighted by Crippen LogP contribution is 2.34. The van der Waals surface area contributed by atoms with E-state index < -0.39 is 11.6 Å². The molecule has 2 aliphatic heterocycles. The summed E-state index contributed by atoms with van der Waals surface area (Å²) in [6.07, 6.45) is 0.0554. The van der Waals surface area contributed by atoms with Crippen molar-refractivity contribution in [2.75, 3.05) is 31.1 Å². The molecule has 0 aliphatic carbocycles. The molecule has 27 heavy (non-hydrogen) atoms. The molecule has 0 radical (unpaired) electrons. The van der Waals surface area contributed by atoms with Gasteiger partial charge in [0, 0.05) is 26.6 Å². The molecule has 146 valence electrons. The lowest BCUT2D eigenvalue weighted by Crippen LogP contribution is -2.67. The zero-order valence-corrected chi connectivity index (χ0v) is 16.4. The van der Waals surface area contributed by atoms with E-state index in [2.05, 4.69) is 0 Å². The second kappa shape index (κ2) is 7.21. The van der Waals surface area contributed by atoms with Gasteiger partial charge in [-0.3, -0.25) is 14.4 Å². The van der Waals surface area contributed by atoms with Gasteiger partial charge >= 0.3 is 0 Å². The van der Waals surface area contributed by atoms with Crippen LogP contribution < -0.4 is 9.64 Å². The van der Waals surface area contributed by atoms with Crippen LogP contribution in [0, 0.1) is 0 Å². The highest BCUT2D eigenvalue weighted by atomic mass is 16.5. The van der Waals surface area contributed by atoms with Gasteiger partial charge in [-0.25, -0.2) is 0 Å². The molecule has 0 spiro atoms. The van der Waals surface area contributed by atoms with Gasteiger partial charge in [-0.05, 0) is 32.4 Å². The Balaban J connectivity index is 1.84. The number of anilines is 1. The molecule has 0 N–H and O–H groups in total. The maximum atomic E-state index is 13.2. The molecule has 1 aromatic rings. The Hall–Kier alpha value is -2.57. The zero-order chi connectivity index (χ0) is 19.8. The van der Waals surface area contributed by atoms with Crippen molar-refractivity contribution < 1.29 is 19.1 Å². The van der Waals surface area contributed by atoms with Crippen molar-refractivity contribution in [2.45, 2.75) is 45.8 Å². The number of fused-ring (bicyclic) bond motifs is 1. The van der Waals surface area contributed by atoms with Crippen molar-refractivity contribution in [1.82, 2.24) is 9.80 Å². The smallest absolute Gasteiger partial charge is 0.266 e. The minimum atomic E-state index is -0.939. The van der Waals surface area contributed by atoms with Crippen molar-refractivity contribution in [3.63, 3.8) is 0 Å². The molecule has 1 unspecified atom stereocenters. The van der Waals surface area contributed by atoms with E-state index in [4.69, 9.17) is 4.74 Å². The number of carbonyl (C=O) groups excluding carboxylic acids is 3. The summed E-state index contributed by atoms with van der Waals surface area (Å²) in [4.78, 5) is 43.1. The van der Waals surface area contributed by atoms with Crippen molar-refractivity contribution >= 4 is 23.4 Å². The van der Waals surface area contributed by atoms with Gasteiger partial charge in [0.2, 0.25) is 11.8 Å². The minimum absolute atomic E-state index is 0.0522. The summed E-state index contributed by atoms with van der Waals surface area (Å²) in [5.74, 6) is 0.0477. The van der Waals surface area contributed by atoms with Gasteiger partial charge in [-0.15, -0.1) is 0 Å². The zero-order valence-electron chi connectivity index (χ0n) is 16.4. The summed E-state index contributed by atoms with van der Waals surface area (Å²) < 4.78 is 5.92. The number of ether oxygens (including phenoxy) is 1. The first kappa shape index (κ1) is 19.2. The first-order valence-corrected chi connectivity index (χ1v) is 9.42. The first-order valence-electron chi connectivity index (χ1n) is 9.42. The van der Waals surface area contributed by atoms with Crippen LogP contribution in [0.25, 0.3) is 0 Å². The molecule has 0 saturated carbocycles. The average Bonchev–Trinajstić information content (AvgIpc) is 2.64. The van der Waals surface area contributed by atoms with E-state index in [1.54, 1.807) is 41.8 Å². The van der Waals surface area contributed by atoms with Crippen LogP contribution in [0.5, 0.6) is 5.75 Å². The fourth-order valence-corrected chi connectivity index (χ4v) is 3.81. The summed E-state index contributed by atoms with van der Waals surface area (Å²) >= 11 is 0. The van der Waals surface area contributed by atoms with E-state index in [0.717, 1.165) is 6.42 Å². The van der Waals surface area contributed by atoms with Gasteiger partial charge in [0.05, 0.1) is 12.2 Å². The molecular formula is C20H27N3O4. The van der Waals surface area contributed by atoms with Gasteiger partial charge in [0.15, 0.2) is 6.10 Å². The number of hydrogen-bond donors (Lipinski definition) is 0. The number of para-hydroxylation sites is 2. The Labute approximate surface area is 159 Å². The van der Waals surface area contributed by atoms with Crippen LogP contribution in [0.2, 0.25) is 0 Å². The maximum Gasteiger partial charge on any atom is 0.266 e. The highest BCUT2D eigenvalue weighted by molar-refractivity contribution is 5.97. The van der Waals surface area contributed by atoms with Crippen molar-refractivity contribution in [2.24, 2.45) is 0 Å². The number of piperazine rings is 1. The fraction of sp³-hybridized carbons (Fsp3) is 0.550. The summed E-state index contributed by atoms with van der Waals surface area (Å²) in [5.41, 5.74) is -0.275. The van der Waals surface area contributed by atoms with E-state index in [1.165, 1.54) is 6.92 Å². The average molecular weight is 373 g/mol. The van der Waals surface area contributed by atoms with Crippen LogP contribution in [-0.2, 0) is 14.4 Å². The van der Waals surface area contributed by atoms with Crippen LogP contribution >= 0.6 is 0 Å². The topological polar surface area (TPSA) is 70.2 Å². The van der Waals surface area contributed by atoms with Crippen LogP contribution in [0.3, 0.4) is 0 Å². The largest absolute Gasteiger partial charge is 0.476 e. The Morgan fingerprint density at radius 3 is 2.59 bits per heavy atom. The predicted molar refractivity (Wildman–Crippen MR) is 102 cm³/mol. The molecular weight excluding hydrogens is 346 g/mol. The van der Waals surface area contributed by atoms with Gasteiger partial charge in [0.25, 0.3) is 5.91 Å². The van der Waals surface area contributed by atoms with Gasteiger partial charge < -0.3 is 19.4 Å². The highest BCUT2D eigenvalue weighted by Gasteiger charge is 2.47. The molecule has 1 fully saturated rings. The summed E-state index contributed by atoms with van der Waals surface area (Å²) in [6, 6.07) is 7.19. The standard InChI is InChI=1S/C20H27N3O4/c1-5-10-21-11-12-23(20(3,4)19(21)26)18(25)17-13-22(14(2)24)15-8-6-7-9-16(15)27-17/h6-9,17H,5,10-13H2,1-4H3. The molecule has 2 heterocycles. The molecule has 7 nitrogen and oxygen atoms in total. The van der Waals surface area contributed by atoms with E-state index in [1.807, 2.05) is 17.9 Å². The second-order valence-corrected chi connectivity index (χ2v) is 7.54. The number of nitrogens with zero attached hydrogens (tertiary/aromatic N) is 3. The van der Waals surface area contributed by atoms with Gasteiger partial charge in [-0.2, -0.15) is 0 Å². The van der Waals surface area contributed by atoms with E-state index in [-0.39, 0.29) is 24.3 Å². The SMILES string of the molecule is CCCN1CCN(C(=O)C2CN(C(C)=O)c3ccccc3O2)C(C)(C)C1=O. The molecule has 7 heteroatoms. The Morgan fingerprint density at radius 2 is 1.93 bits per heavy atom. The minimum Gasteiger partial charge on any atom is -0.476 e. The van der Waals surface area contributed by atoms with Gasteiger partial charge in [-0.1, -0.05) is 19.1 Å². The lowest BCUT2D eigenvalue weighted by molar-refractivity contribution is -0.162. The fourth-order valence-electron chi connectivity index (χ4n) is 3.81. The molecule has 0 bridgehead atoms. The number of amides is 3. The monoisotopic (exact) mass is 373 g/mol. The third-order valence-corrected chi connectivity index (χ3v) is 5.27. The third-order valence-electron chi connectivity index (χ3n) is 5.27. The number of benzene rings is 1. The molecule has 1 atom stereocenters. The Bertz CT molecular complexity index is 761. The molecule has 3 rings (SSSR count). The predicted octanol–water partition coefficient (Wildman–Crippen LogP) is 1.66. The van der Waals surface area contributed by atoms with Gasteiger partial charge in [0.1, 0.15) is 11.3 Å². The first-order chi connectivity index (χ1) is 12.8. The molecule has 2 aliphatic rings. The van der Waals surface area contributed by atoms with E-state index >= 15 is 0 Å². The van der Waals surface area contributed by atoms with Crippen molar-refractivity contribution in [3.8, 4) is 5.75 Å². The lowest BCUT2D eigenvalue weighted by atomic mass is 9.96. The van der Waals surface area contributed by atoms with Crippen LogP contribution in [0.15, 0.2) is 24.3 Å². The van der Waals surface area contributed by atoms with Crippen molar-refractivity contribution in [3.05, 3.63) is 24.3 Å². The summed E-state index contributed by atoms with van der Waals surface area (Å²) in [7, 11) is 0. The number of rotatable bonds is 3. The molecule has 0 aromatic heterocycles. The third kappa shape index (κ3) is 3.38. The quantitative estimate of drug-likeness (QED) is 0.808. The summed E-state index contributed by atoms with van der Waals surface area (Å²) in [5, 5.41) is 0.